The van der Waals surface area contributed by atoms with E-state index in [1.54, 1.807) is 30.4 Å². The SMILES string of the molecule is O=C1NC(=S)S/C1=C\C=C\c1ccc([N+](=O)[O-])cc1. The zero-order valence-corrected chi connectivity index (χ0v) is 11.2. The molecule has 1 saturated heterocycles. The number of thioether (sulfide) groups is 1. The number of rotatable bonds is 3. The lowest BCUT2D eigenvalue weighted by molar-refractivity contribution is -0.384. The summed E-state index contributed by atoms with van der Waals surface area (Å²) in [5.74, 6) is -0.205. The monoisotopic (exact) mass is 292 g/mol. The Morgan fingerprint density at radius 3 is 2.53 bits per heavy atom. The van der Waals surface area contributed by atoms with E-state index in [-0.39, 0.29) is 11.6 Å². The lowest BCUT2D eigenvalue weighted by atomic mass is 10.2. The Labute approximate surface area is 118 Å². The van der Waals surface area contributed by atoms with Crippen LogP contribution in [0.5, 0.6) is 0 Å². The van der Waals surface area contributed by atoms with E-state index < -0.39 is 4.92 Å². The van der Waals surface area contributed by atoms with Crippen molar-refractivity contribution >= 4 is 46.0 Å². The van der Waals surface area contributed by atoms with Gasteiger partial charge in [-0.2, -0.15) is 0 Å². The molecule has 96 valence electrons. The molecule has 1 aromatic rings. The Kier molecular flexibility index (Phi) is 4.08. The summed E-state index contributed by atoms with van der Waals surface area (Å²) in [5, 5.41) is 13.0. The van der Waals surface area contributed by atoms with Crippen molar-refractivity contribution in [1.82, 2.24) is 5.32 Å². The standard InChI is InChI=1S/C12H8N2O3S2/c15-11-10(19-12(18)13-11)3-1-2-8-4-6-9(7-5-8)14(16)17/h1-7H,(H,13,15,18)/b2-1+,10-3-. The van der Waals surface area contributed by atoms with Crippen molar-refractivity contribution in [3.8, 4) is 0 Å². The smallest absolute Gasteiger partial charge is 0.269 e. The van der Waals surface area contributed by atoms with E-state index in [9.17, 15) is 14.9 Å². The number of nitro groups is 1. The van der Waals surface area contributed by atoms with E-state index in [0.29, 0.717) is 9.23 Å². The third-order valence-corrected chi connectivity index (χ3v) is 3.46. The number of benzene rings is 1. The first-order valence-corrected chi connectivity index (χ1v) is 6.45. The Bertz CT molecular complexity index is 606. The Morgan fingerprint density at radius 2 is 2.00 bits per heavy atom. The van der Waals surface area contributed by atoms with Crippen molar-refractivity contribution < 1.29 is 9.72 Å². The van der Waals surface area contributed by atoms with E-state index >= 15 is 0 Å². The van der Waals surface area contributed by atoms with E-state index in [2.05, 4.69) is 5.32 Å². The van der Waals surface area contributed by atoms with Crippen LogP contribution in [0.1, 0.15) is 5.56 Å². The maximum Gasteiger partial charge on any atom is 0.269 e. The molecule has 0 radical (unpaired) electrons. The molecule has 5 nitrogen and oxygen atoms in total. The predicted octanol–water partition coefficient (Wildman–Crippen LogP) is 2.64. The van der Waals surface area contributed by atoms with Crippen molar-refractivity contribution in [3.05, 3.63) is 57.0 Å². The second-order valence-corrected chi connectivity index (χ2v) is 5.30. The van der Waals surface area contributed by atoms with E-state index in [1.165, 1.54) is 23.9 Å². The molecule has 1 N–H and O–H groups in total. The fourth-order valence-corrected chi connectivity index (χ4v) is 2.39. The molecule has 0 aliphatic carbocycles. The molecule has 7 heteroatoms. The largest absolute Gasteiger partial charge is 0.307 e. The molecule has 1 fully saturated rings. The van der Waals surface area contributed by atoms with Crippen molar-refractivity contribution in [1.29, 1.82) is 0 Å². The average Bonchev–Trinajstić information content (AvgIpc) is 2.68. The first-order chi connectivity index (χ1) is 9.06. The van der Waals surface area contributed by atoms with Crippen molar-refractivity contribution in [3.63, 3.8) is 0 Å². The van der Waals surface area contributed by atoms with Crippen LogP contribution in [0.2, 0.25) is 0 Å². The molecule has 0 bridgehead atoms. The summed E-state index contributed by atoms with van der Waals surface area (Å²) < 4.78 is 0.444. The Morgan fingerprint density at radius 1 is 1.32 bits per heavy atom. The molecule has 19 heavy (non-hydrogen) atoms. The Hall–Kier alpha value is -1.99. The Balaban J connectivity index is 2.07. The minimum atomic E-state index is -0.448. The molecule has 0 unspecified atom stereocenters. The zero-order chi connectivity index (χ0) is 13.8. The van der Waals surface area contributed by atoms with Crippen LogP contribution < -0.4 is 5.32 Å². The summed E-state index contributed by atoms with van der Waals surface area (Å²) in [6.45, 7) is 0. The van der Waals surface area contributed by atoms with Crippen molar-refractivity contribution in [2.75, 3.05) is 0 Å². The van der Waals surface area contributed by atoms with Crippen LogP contribution in [0.15, 0.2) is 41.3 Å². The number of carbonyl (C=O) groups is 1. The molecule has 0 saturated carbocycles. The second-order valence-electron chi connectivity index (χ2n) is 3.58. The van der Waals surface area contributed by atoms with Gasteiger partial charge < -0.3 is 5.32 Å². The van der Waals surface area contributed by atoms with Gasteiger partial charge in [0.1, 0.15) is 4.32 Å². The number of nitrogens with one attached hydrogen (secondary N) is 1. The quantitative estimate of drug-likeness (QED) is 0.401. The summed E-state index contributed by atoms with van der Waals surface area (Å²) in [6.07, 6.45) is 5.11. The van der Waals surface area contributed by atoms with Crippen molar-refractivity contribution in [2.45, 2.75) is 0 Å². The summed E-state index contributed by atoms with van der Waals surface area (Å²) >= 11 is 6.06. The molecule has 1 aliphatic rings. The minimum Gasteiger partial charge on any atom is -0.307 e. The second kappa shape index (κ2) is 5.77. The van der Waals surface area contributed by atoms with Crippen LogP contribution in [0.25, 0.3) is 6.08 Å². The fourth-order valence-electron chi connectivity index (χ4n) is 1.39. The summed E-state index contributed by atoms with van der Waals surface area (Å²) in [6, 6.07) is 6.14. The highest BCUT2D eigenvalue weighted by Crippen LogP contribution is 2.23. The summed E-state index contributed by atoms with van der Waals surface area (Å²) in [7, 11) is 0. The number of thiocarbonyl (C=S) groups is 1. The highest BCUT2D eigenvalue weighted by atomic mass is 32.2. The van der Waals surface area contributed by atoms with Crippen molar-refractivity contribution in [2.24, 2.45) is 0 Å². The van der Waals surface area contributed by atoms with Gasteiger partial charge in [-0.3, -0.25) is 14.9 Å². The third kappa shape index (κ3) is 3.49. The number of hydrogen-bond donors (Lipinski definition) is 1. The summed E-state index contributed by atoms with van der Waals surface area (Å²) in [4.78, 5) is 21.9. The topological polar surface area (TPSA) is 72.2 Å². The summed E-state index contributed by atoms with van der Waals surface area (Å²) in [5.41, 5.74) is 0.861. The van der Waals surface area contributed by atoms with Gasteiger partial charge in [-0.25, -0.2) is 0 Å². The highest BCUT2D eigenvalue weighted by Gasteiger charge is 2.20. The molecule has 0 spiro atoms. The van der Waals surface area contributed by atoms with Gasteiger partial charge >= 0.3 is 0 Å². The molecule has 0 aromatic heterocycles. The highest BCUT2D eigenvalue weighted by molar-refractivity contribution is 8.26. The van der Waals surface area contributed by atoms with Gasteiger partial charge in [-0.1, -0.05) is 36.1 Å². The van der Waals surface area contributed by atoms with Gasteiger partial charge in [0.15, 0.2) is 0 Å². The number of non-ortho nitro benzene ring substituents is 1. The lowest BCUT2D eigenvalue weighted by Gasteiger charge is -1.93. The molecular formula is C12H8N2O3S2. The number of carbonyl (C=O) groups excluding carboxylic acids is 1. The van der Waals surface area contributed by atoms with Gasteiger partial charge in [0.05, 0.1) is 9.83 Å². The van der Waals surface area contributed by atoms with Gasteiger partial charge in [-0.05, 0) is 23.8 Å². The van der Waals surface area contributed by atoms with Crippen LogP contribution in [0.4, 0.5) is 5.69 Å². The van der Waals surface area contributed by atoms with Crippen LogP contribution in [-0.4, -0.2) is 15.2 Å². The first-order valence-electron chi connectivity index (χ1n) is 5.22. The molecule has 2 rings (SSSR count). The first kappa shape index (κ1) is 13.4. The maximum atomic E-state index is 11.4. The fraction of sp³-hybridized carbons (Fsp3) is 0. The molecule has 1 aromatic carbocycles. The van der Waals surface area contributed by atoms with E-state index in [0.717, 1.165) is 5.56 Å². The number of nitrogens with zero attached hydrogens (tertiary/aromatic N) is 1. The number of amides is 1. The molecule has 1 amide bonds. The zero-order valence-electron chi connectivity index (χ0n) is 9.53. The lowest BCUT2D eigenvalue weighted by Crippen LogP contribution is -2.17. The van der Waals surface area contributed by atoms with Gasteiger partial charge in [-0.15, -0.1) is 0 Å². The molecule has 1 aliphatic heterocycles. The van der Waals surface area contributed by atoms with E-state index in [1.807, 2.05) is 0 Å². The predicted molar refractivity (Wildman–Crippen MR) is 78.5 cm³/mol. The van der Waals surface area contributed by atoms with Crippen LogP contribution >= 0.6 is 24.0 Å². The normalized spacial score (nSPS) is 17.2. The number of nitro benzene ring substituents is 1. The third-order valence-electron chi connectivity index (χ3n) is 2.28. The molecular weight excluding hydrogens is 284 g/mol. The van der Waals surface area contributed by atoms with Gasteiger partial charge in [0, 0.05) is 12.1 Å². The number of allylic oxidation sites excluding steroid dienone is 2. The van der Waals surface area contributed by atoms with Gasteiger partial charge in [0.2, 0.25) is 0 Å². The van der Waals surface area contributed by atoms with E-state index in [4.69, 9.17) is 12.2 Å². The maximum absolute atomic E-state index is 11.4. The van der Waals surface area contributed by atoms with Crippen LogP contribution in [0, 0.1) is 10.1 Å². The minimum absolute atomic E-state index is 0.0478. The molecule has 0 atom stereocenters. The van der Waals surface area contributed by atoms with Crippen LogP contribution in [-0.2, 0) is 4.79 Å². The molecule has 1 heterocycles. The van der Waals surface area contributed by atoms with Crippen LogP contribution in [0.3, 0.4) is 0 Å². The average molecular weight is 292 g/mol. The van der Waals surface area contributed by atoms with Gasteiger partial charge in [0.25, 0.3) is 11.6 Å². The number of hydrogen-bond acceptors (Lipinski definition) is 5.